The molecular weight excluding hydrogens is 332 g/mol. The topological polar surface area (TPSA) is 58.2 Å². The van der Waals surface area contributed by atoms with E-state index >= 15 is 0 Å². The average molecular weight is 349 g/mol. The van der Waals surface area contributed by atoms with Crippen LogP contribution in [0.15, 0.2) is 53.4 Å². The van der Waals surface area contributed by atoms with Gasteiger partial charge in [-0.1, -0.05) is 17.7 Å². The first-order valence-corrected chi connectivity index (χ1v) is 8.30. The molecule has 2 N–H and O–H groups in total. The predicted octanol–water partition coefficient (Wildman–Crippen LogP) is 4.42. The van der Waals surface area contributed by atoms with Crippen LogP contribution in [0.1, 0.15) is 13.8 Å². The van der Waals surface area contributed by atoms with Gasteiger partial charge in [0.25, 0.3) is 0 Å². The smallest absolute Gasteiger partial charge is 0.237 e. The summed E-state index contributed by atoms with van der Waals surface area (Å²) in [5, 5.41) is 5.94. The Kier molecular flexibility index (Phi) is 6.07. The van der Waals surface area contributed by atoms with E-state index < -0.39 is 0 Å². The van der Waals surface area contributed by atoms with E-state index in [1.165, 1.54) is 18.7 Å². The zero-order valence-corrected chi connectivity index (χ0v) is 14.4. The summed E-state index contributed by atoms with van der Waals surface area (Å²) in [7, 11) is 0. The molecule has 0 aliphatic heterocycles. The minimum absolute atomic E-state index is 0.107. The molecule has 0 fully saturated rings. The number of benzene rings is 2. The van der Waals surface area contributed by atoms with Crippen LogP contribution < -0.4 is 10.6 Å². The van der Waals surface area contributed by atoms with Crippen LogP contribution in [0.25, 0.3) is 0 Å². The number of carbonyl (C=O) groups excluding carboxylic acids is 2. The number of carbonyl (C=O) groups is 2. The number of hydrogen-bond acceptors (Lipinski definition) is 3. The Bertz CT molecular complexity index is 704. The zero-order valence-electron chi connectivity index (χ0n) is 12.8. The summed E-state index contributed by atoms with van der Waals surface area (Å²) in [6.45, 7) is 3.28. The molecule has 0 saturated heterocycles. The van der Waals surface area contributed by atoms with Crippen molar-refractivity contribution in [2.75, 3.05) is 10.6 Å². The van der Waals surface area contributed by atoms with Gasteiger partial charge in [0.1, 0.15) is 0 Å². The minimum Gasteiger partial charge on any atom is -0.326 e. The summed E-state index contributed by atoms with van der Waals surface area (Å²) < 4.78 is 0. The van der Waals surface area contributed by atoms with Gasteiger partial charge in [0, 0.05) is 28.2 Å². The Morgan fingerprint density at radius 2 is 1.65 bits per heavy atom. The van der Waals surface area contributed by atoms with Crippen molar-refractivity contribution in [1.29, 1.82) is 0 Å². The summed E-state index contributed by atoms with van der Waals surface area (Å²) in [6.07, 6.45) is 0. The number of nitrogens with one attached hydrogen (secondary N) is 2. The molecule has 0 saturated carbocycles. The lowest BCUT2D eigenvalue weighted by atomic mass is 10.2. The van der Waals surface area contributed by atoms with Crippen molar-refractivity contribution in [3.8, 4) is 0 Å². The minimum atomic E-state index is -0.263. The van der Waals surface area contributed by atoms with Crippen LogP contribution in [0.4, 0.5) is 11.4 Å². The van der Waals surface area contributed by atoms with E-state index in [0.29, 0.717) is 16.4 Å². The highest BCUT2D eigenvalue weighted by Crippen LogP contribution is 2.26. The van der Waals surface area contributed by atoms with Crippen LogP contribution in [0.2, 0.25) is 5.02 Å². The molecule has 0 heterocycles. The number of hydrogen-bond donors (Lipinski definition) is 2. The molecule has 0 spiro atoms. The lowest BCUT2D eigenvalue weighted by Gasteiger charge is -2.13. The first-order chi connectivity index (χ1) is 10.9. The molecule has 2 aromatic rings. The van der Waals surface area contributed by atoms with E-state index in [9.17, 15) is 9.59 Å². The monoisotopic (exact) mass is 348 g/mol. The quantitative estimate of drug-likeness (QED) is 0.786. The molecule has 6 heteroatoms. The Morgan fingerprint density at radius 3 is 2.26 bits per heavy atom. The van der Waals surface area contributed by atoms with Gasteiger partial charge >= 0.3 is 0 Å². The van der Waals surface area contributed by atoms with Gasteiger partial charge in [-0.25, -0.2) is 0 Å². The standard InChI is InChI=1S/C17H17ClN2O2S/c1-11(23-16-8-6-13(18)7-9-16)17(22)20-15-5-3-4-14(10-15)19-12(2)21/h3-11H,1-2H3,(H,19,21)(H,20,22). The van der Waals surface area contributed by atoms with E-state index in [-0.39, 0.29) is 17.1 Å². The largest absolute Gasteiger partial charge is 0.326 e. The highest BCUT2D eigenvalue weighted by atomic mass is 35.5. The number of rotatable bonds is 5. The van der Waals surface area contributed by atoms with Crippen molar-refractivity contribution in [3.63, 3.8) is 0 Å². The summed E-state index contributed by atoms with van der Waals surface area (Å²) in [6, 6.07) is 14.4. The molecule has 2 rings (SSSR count). The average Bonchev–Trinajstić information content (AvgIpc) is 2.49. The van der Waals surface area contributed by atoms with E-state index in [1.54, 1.807) is 36.4 Å². The first-order valence-electron chi connectivity index (χ1n) is 7.05. The van der Waals surface area contributed by atoms with E-state index in [4.69, 9.17) is 11.6 Å². The molecular formula is C17H17ClN2O2S. The highest BCUT2D eigenvalue weighted by molar-refractivity contribution is 8.00. The fourth-order valence-electron chi connectivity index (χ4n) is 1.89. The number of thioether (sulfide) groups is 1. The SMILES string of the molecule is CC(=O)Nc1cccc(NC(=O)C(C)Sc2ccc(Cl)cc2)c1. The van der Waals surface area contributed by atoms with Gasteiger partial charge in [0.05, 0.1) is 5.25 Å². The molecule has 1 atom stereocenters. The predicted molar refractivity (Wildman–Crippen MR) is 96.1 cm³/mol. The molecule has 120 valence electrons. The molecule has 0 bridgehead atoms. The Hall–Kier alpha value is -1.98. The van der Waals surface area contributed by atoms with Crippen molar-refractivity contribution in [2.45, 2.75) is 24.0 Å². The second kappa shape index (κ2) is 8.04. The van der Waals surface area contributed by atoms with E-state index in [0.717, 1.165) is 4.90 Å². The molecule has 2 aromatic carbocycles. The molecule has 2 amide bonds. The number of anilines is 2. The van der Waals surface area contributed by atoms with Gasteiger partial charge in [-0.3, -0.25) is 9.59 Å². The fourth-order valence-corrected chi connectivity index (χ4v) is 2.89. The molecule has 0 aromatic heterocycles. The third kappa shape index (κ3) is 5.62. The van der Waals surface area contributed by atoms with Crippen LogP contribution in [0.5, 0.6) is 0 Å². The second-order valence-electron chi connectivity index (χ2n) is 4.97. The molecule has 4 nitrogen and oxygen atoms in total. The number of halogens is 1. The maximum absolute atomic E-state index is 12.3. The Labute approximate surface area is 144 Å². The van der Waals surface area contributed by atoms with E-state index in [1.807, 2.05) is 19.1 Å². The van der Waals surface area contributed by atoms with Gasteiger partial charge in [-0.15, -0.1) is 11.8 Å². The zero-order chi connectivity index (χ0) is 16.8. The van der Waals surface area contributed by atoms with Gasteiger partial charge < -0.3 is 10.6 Å². The molecule has 1 unspecified atom stereocenters. The van der Waals surface area contributed by atoms with Crippen molar-refractivity contribution < 1.29 is 9.59 Å². The molecule has 0 aliphatic rings. The normalized spacial score (nSPS) is 11.6. The summed E-state index contributed by atoms with van der Waals surface area (Å²) in [5.41, 5.74) is 1.29. The second-order valence-corrected chi connectivity index (χ2v) is 6.82. The third-order valence-electron chi connectivity index (χ3n) is 2.95. The van der Waals surface area contributed by atoms with Crippen LogP contribution >= 0.6 is 23.4 Å². The van der Waals surface area contributed by atoms with Crippen molar-refractivity contribution in [3.05, 3.63) is 53.6 Å². The lowest BCUT2D eigenvalue weighted by Crippen LogP contribution is -2.22. The van der Waals surface area contributed by atoms with Crippen LogP contribution in [-0.4, -0.2) is 17.1 Å². The number of amides is 2. The summed E-state index contributed by atoms with van der Waals surface area (Å²) in [5.74, 6) is -0.259. The third-order valence-corrected chi connectivity index (χ3v) is 4.31. The molecule has 23 heavy (non-hydrogen) atoms. The van der Waals surface area contributed by atoms with Crippen LogP contribution in [0, 0.1) is 0 Å². The highest BCUT2D eigenvalue weighted by Gasteiger charge is 2.14. The van der Waals surface area contributed by atoms with E-state index in [2.05, 4.69) is 10.6 Å². The van der Waals surface area contributed by atoms with Crippen LogP contribution in [-0.2, 0) is 9.59 Å². The van der Waals surface area contributed by atoms with Gasteiger partial charge in [0.15, 0.2) is 0 Å². The maximum Gasteiger partial charge on any atom is 0.237 e. The maximum atomic E-state index is 12.3. The van der Waals surface area contributed by atoms with Crippen LogP contribution in [0.3, 0.4) is 0 Å². The summed E-state index contributed by atoms with van der Waals surface area (Å²) in [4.78, 5) is 24.3. The van der Waals surface area contributed by atoms with Gasteiger partial charge in [0.2, 0.25) is 11.8 Å². The first kappa shape index (κ1) is 17.4. The van der Waals surface area contributed by atoms with Crippen molar-refractivity contribution in [2.24, 2.45) is 0 Å². The molecule has 0 radical (unpaired) electrons. The van der Waals surface area contributed by atoms with Gasteiger partial charge in [-0.2, -0.15) is 0 Å². The molecule has 0 aliphatic carbocycles. The Balaban J connectivity index is 1.97. The van der Waals surface area contributed by atoms with Gasteiger partial charge in [-0.05, 0) is 49.4 Å². The fraction of sp³-hybridized carbons (Fsp3) is 0.176. The van der Waals surface area contributed by atoms with Crippen molar-refractivity contribution >= 4 is 46.6 Å². The Morgan fingerprint density at radius 1 is 1.04 bits per heavy atom. The summed E-state index contributed by atoms with van der Waals surface area (Å²) >= 11 is 7.30. The lowest BCUT2D eigenvalue weighted by molar-refractivity contribution is -0.115. The van der Waals surface area contributed by atoms with Crippen molar-refractivity contribution in [1.82, 2.24) is 0 Å².